The van der Waals surface area contributed by atoms with E-state index in [0.717, 1.165) is 25.9 Å². The summed E-state index contributed by atoms with van der Waals surface area (Å²) in [4.78, 5) is 0. The van der Waals surface area contributed by atoms with Crippen LogP contribution in [0.4, 0.5) is 0 Å². The maximum Gasteiger partial charge on any atom is 0.0162 e. The van der Waals surface area contributed by atoms with E-state index in [1.165, 1.54) is 0 Å². The fourth-order valence-electron chi connectivity index (χ4n) is 0.743. The Morgan fingerprint density at radius 2 is 1.36 bits per heavy atom. The predicted molar refractivity (Wildman–Crippen MR) is 49.4 cm³/mol. The summed E-state index contributed by atoms with van der Waals surface area (Å²) in [6.45, 7) is 5.94. The van der Waals surface area contributed by atoms with E-state index in [0.29, 0.717) is 0 Å². The first-order valence-corrected chi connectivity index (χ1v) is 4.42. The van der Waals surface area contributed by atoms with Gasteiger partial charge in [-0.25, -0.2) is 0 Å². The molecule has 0 saturated heterocycles. The van der Waals surface area contributed by atoms with Crippen LogP contribution < -0.4 is 16.8 Å². The van der Waals surface area contributed by atoms with Crippen LogP contribution in [0.15, 0.2) is 0 Å². The van der Waals surface area contributed by atoms with Crippen LogP contribution in [0.1, 0.15) is 26.7 Å². The molecule has 3 nitrogen and oxygen atoms in total. The van der Waals surface area contributed by atoms with Crippen molar-refractivity contribution < 1.29 is 0 Å². The third-order valence-electron chi connectivity index (χ3n) is 1.86. The Bertz CT molecular complexity index is 75.4. The van der Waals surface area contributed by atoms with Gasteiger partial charge in [-0.2, -0.15) is 0 Å². The van der Waals surface area contributed by atoms with E-state index in [1.807, 2.05) is 0 Å². The van der Waals surface area contributed by atoms with Gasteiger partial charge in [0.2, 0.25) is 0 Å². The van der Waals surface area contributed by atoms with Crippen molar-refractivity contribution in [3.05, 3.63) is 0 Å². The van der Waals surface area contributed by atoms with Crippen LogP contribution in [0, 0.1) is 0 Å². The van der Waals surface area contributed by atoms with Crippen LogP contribution in [0.5, 0.6) is 0 Å². The topological polar surface area (TPSA) is 64.1 Å². The third-order valence-corrected chi connectivity index (χ3v) is 1.86. The summed E-state index contributed by atoms with van der Waals surface area (Å²) in [5.74, 6) is 0. The Balaban J connectivity index is 3.13. The van der Waals surface area contributed by atoms with Crippen LogP contribution in [0.2, 0.25) is 0 Å². The highest BCUT2D eigenvalue weighted by Crippen LogP contribution is 1.85. The molecular weight excluding hydrogens is 138 g/mol. The first-order chi connectivity index (χ1) is 5.20. The van der Waals surface area contributed by atoms with Gasteiger partial charge in [0.15, 0.2) is 0 Å². The first kappa shape index (κ1) is 10.9. The van der Waals surface area contributed by atoms with Crippen molar-refractivity contribution in [1.29, 1.82) is 0 Å². The number of hydrogen-bond donors (Lipinski definition) is 3. The number of hydrogen-bond acceptors (Lipinski definition) is 3. The lowest BCUT2D eigenvalue weighted by Crippen LogP contribution is -2.39. The highest BCUT2D eigenvalue weighted by atomic mass is 14.9. The maximum absolute atomic E-state index is 5.70. The van der Waals surface area contributed by atoms with E-state index >= 15 is 0 Å². The van der Waals surface area contributed by atoms with Crippen molar-refractivity contribution in [3.63, 3.8) is 0 Å². The average Bonchev–Trinajstić information content (AvgIpc) is 2.04. The van der Waals surface area contributed by atoms with E-state index in [1.54, 1.807) is 0 Å². The maximum atomic E-state index is 5.70. The Morgan fingerprint density at radius 1 is 1.00 bits per heavy atom. The molecule has 0 amide bonds. The summed E-state index contributed by atoms with van der Waals surface area (Å²) >= 11 is 0. The summed E-state index contributed by atoms with van der Waals surface area (Å²) in [5.41, 5.74) is 11.4. The molecule has 0 rings (SSSR count). The van der Waals surface area contributed by atoms with Crippen molar-refractivity contribution in [2.45, 2.75) is 38.8 Å². The van der Waals surface area contributed by atoms with Gasteiger partial charge in [0.25, 0.3) is 0 Å². The second-order valence-corrected chi connectivity index (χ2v) is 2.99. The molecule has 0 aromatic carbocycles. The van der Waals surface area contributed by atoms with E-state index in [2.05, 4.69) is 19.2 Å². The Morgan fingerprint density at radius 3 is 1.64 bits per heavy atom. The van der Waals surface area contributed by atoms with Gasteiger partial charge in [0.1, 0.15) is 0 Å². The minimum atomic E-state index is 0.277. The summed E-state index contributed by atoms with van der Waals surface area (Å²) in [6.07, 6.45) is 2.04. The Kier molecular flexibility index (Phi) is 6.51. The molecule has 0 aliphatic heterocycles. The average molecular weight is 159 g/mol. The highest BCUT2D eigenvalue weighted by Gasteiger charge is 2.00. The van der Waals surface area contributed by atoms with Crippen LogP contribution >= 0.6 is 0 Å². The van der Waals surface area contributed by atoms with Gasteiger partial charge < -0.3 is 16.8 Å². The molecule has 11 heavy (non-hydrogen) atoms. The van der Waals surface area contributed by atoms with E-state index < -0.39 is 0 Å². The molecule has 0 bridgehead atoms. The van der Waals surface area contributed by atoms with Crippen LogP contribution in [0.3, 0.4) is 0 Å². The van der Waals surface area contributed by atoms with Gasteiger partial charge in [-0.3, -0.25) is 0 Å². The molecule has 5 N–H and O–H groups in total. The number of nitrogens with two attached hydrogens (primary N) is 2. The lowest BCUT2D eigenvalue weighted by molar-refractivity contribution is 0.516. The van der Waals surface area contributed by atoms with Crippen LogP contribution in [-0.4, -0.2) is 25.2 Å². The van der Waals surface area contributed by atoms with Crippen molar-refractivity contribution in [2.24, 2.45) is 11.5 Å². The zero-order chi connectivity index (χ0) is 8.69. The molecule has 68 valence electrons. The third kappa shape index (κ3) is 6.28. The minimum Gasteiger partial charge on any atom is -0.327 e. The molecular formula is C8H21N3. The molecule has 0 aromatic rings. The normalized spacial score (nSPS) is 16.4. The standard InChI is InChI=1S/C8H21N3/c1-3-7(9)5-11-6-8(10)4-2/h7-8,11H,3-6,9-10H2,1-2H3. The molecule has 3 heteroatoms. The van der Waals surface area contributed by atoms with Crippen molar-refractivity contribution in [2.75, 3.05) is 13.1 Å². The zero-order valence-corrected chi connectivity index (χ0v) is 7.64. The van der Waals surface area contributed by atoms with Crippen molar-refractivity contribution in [1.82, 2.24) is 5.32 Å². The van der Waals surface area contributed by atoms with Gasteiger partial charge in [0.05, 0.1) is 0 Å². The zero-order valence-electron chi connectivity index (χ0n) is 7.64. The minimum absolute atomic E-state index is 0.277. The molecule has 0 heterocycles. The fourth-order valence-corrected chi connectivity index (χ4v) is 0.743. The second-order valence-electron chi connectivity index (χ2n) is 2.99. The predicted octanol–water partition coefficient (Wildman–Crippen LogP) is 0.0506. The summed E-state index contributed by atoms with van der Waals surface area (Å²) in [7, 11) is 0. The van der Waals surface area contributed by atoms with Gasteiger partial charge in [-0.1, -0.05) is 13.8 Å². The van der Waals surface area contributed by atoms with Crippen LogP contribution in [-0.2, 0) is 0 Å². The smallest absolute Gasteiger partial charge is 0.0162 e. The summed E-state index contributed by atoms with van der Waals surface area (Å²) in [5, 5.41) is 3.24. The molecule has 0 fully saturated rings. The van der Waals surface area contributed by atoms with Crippen molar-refractivity contribution in [3.8, 4) is 0 Å². The monoisotopic (exact) mass is 159 g/mol. The molecule has 0 aromatic heterocycles. The van der Waals surface area contributed by atoms with Gasteiger partial charge >= 0.3 is 0 Å². The quantitative estimate of drug-likeness (QED) is 0.513. The molecule has 2 unspecified atom stereocenters. The van der Waals surface area contributed by atoms with Gasteiger partial charge in [0, 0.05) is 25.2 Å². The van der Waals surface area contributed by atoms with Crippen LogP contribution in [0.25, 0.3) is 0 Å². The summed E-state index contributed by atoms with van der Waals surface area (Å²) in [6, 6.07) is 0.554. The lowest BCUT2D eigenvalue weighted by Gasteiger charge is -2.13. The Hall–Kier alpha value is -0.120. The molecule has 0 saturated carbocycles. The van der Waals surface area contributed by atoms with E-state index in [-0.39, 0.29) is 12.1 Å². The summed E-state index contributed by atoms with van der Waals surface area (Å²) < 4.78 is 0. The van der Waals surface area contributed by atoms with E-state index in [9.17, 15) is 0 Å². The lowest BCUT2D eigenvalue weighted by atomic mass is 10.2. The highest BCUT2D eigenvalue weighted by molar-refractivity contribution is 4.66. The largest absolute Gasteiger partial charge is 0.327 e. The molecule has 0 radical (unpaired) electrons. The molecule has 0 spiro atoms. The first-order valence-electron chi connectivity index (χ1n) is 4.42. The molecule has 0 aliphatic carbocycles. The van der Waals surface area contributed by atoms with Gasteiger partial charge in [-0.15, -0.1) is 0 Å². The fraction of sp³-hybridized carbons (Fsp3) is 1.00. The molecule has 0 aliphatic rings. The number of nitrogens with one attached hydrogen (secondary N) is 1. The SMILES string of the molecule is CCC(N)CNCC(N)CC. The number of rotatable bonds is 6. The Labute approximate surface area is 69.5 Å². The van der Waals surface area contributed by atoms with Crippen molar-refractivity contribution >= 4 is 0 Å². The molecule has 2 atom stereocenters. The van der Waals surface area contributed by atoms with E-state index in [4.69, 9.17) is 11.5 Å². The van der Waals surface area contributed by atoms with Gasteiger partial charge in [-0.05, 0) is 12.8 Å². The second kappa shape index (κ2) is 6.58.